The minimum atomic E-state index is -4.04. The van der Waals surface area contributed by atoms with E-state index in [1.807, 2.05) is 0 Å². The molecule has 1 aromatic heterocycles. The lowest BCUT2D eigenvalue weighted by molar-refractivity contribution is 0.0779. The highest BCUT2D eigenvalue weighted by Crippen LogP contribution is 2.28. The van der Waals surface area contributed by atoms with Gasteiger partial charge in [0.1, 0.15) is 4.90 Å². The van der Waals surface area contributed by atoms with Crippen LogP contribution in [0.3, 0.4) is 0 Å². The highest BCUT2D eigenvalue weighted by atomic mass is 35.7. The molecule has 0 unspecified atom stereocenters. The van der Waals surface area contributed by atoms with Gasteiger partial charge in [-0.1, -0.05) is 27.7 Å². The van der Waals surface area contributed by atoms with Crippen molar-refractivity contribution < 1.29 is 13.2 Å². The van der Waals surface area contributed by atoms with Crippen molar-refractivity contribution in [1.29, 1.82) is 0 Å². The maximum absolute atomic E-state index is 12.4. The van der Waals surface area contributed by atoms with Crippen molar-refractivity contribution >= 4 is 25.6 Å². The fourth-order valence-electron chi connectivity index (χ4n) is 1.86. The molecule has 1 amide bonds. The van der Waals surface area contributed by atoms with Gasteiger partial charge in [0.05, 0.1) is 5.69 Å². The van der Waals surface area contributed by atoms with Gasteiger partial charge >= 0.3 is 0 Å². The largest absolute Gasteiger partial charge is 0.340 e. The Hall–Kier alpha value is -1.08. The highest BCUT2D eigenvalue weighted by Gasteiger charge is 2.31. The van der Waals surface area contributed by atoms with Crippen LogP contribution in [0.2, 0.25) is 0 Å². The number of aromatic nitrogens is 2. The Labute approximate surface area is 130 Å². The molecule has 0 saturated heterocycles. The van der Waals surface area contributed by atoms with Gasteiger partial charge in [0.2, 0.25) is 0 Å². The molecule has 0 atom stereocenters. The average Bonchev–Trinajstić information content (AvgIpc) is 2.79. The summed E-state index contributed by atoms with van der Waals surface area (Å²) >= 11 is 0. The number of carbonyl (C=O) groups excluding carboxylic acids is 1. The first-order valence-electron chi connectivity index (χ1n) is 6.84. The van der Waals surface area contributed by atoms with Crippen molar-refractivity contribution in [2.75, 3.05) is 13.6 Å². The van der Waals surface area contributed by atoms with Crippen LogP contribution in [0.25, 0.3) is 0 Å². The lowest BCUT2D eigenvalue weighted by Crippen LogP contribution is -2.29. The lowest BCUT2D eigenvalue weighted by atomic mass is 10.1. The first-order valence-corrected chi connectivity index (χ1v) is 9.15. The van der Waals surface area contributed by atoms with Crippen molar-refractivity contribution in [2.24, 2.45) is 5.92 Å². The van der Waals surface area contributed by atoms with Gasteiger partial charge in [-0.15, -0.1) is 0 Å². The molecule has 6 nitrogen and oxygen atoms in total. The van der Waals surface area contributed by atoms with E-state index in [1.165, 1.54) is 4.90 Å². The Morgan fingerprint density at radius 3 is 2.33 bits per heavy atom. The van der Waals surface area contributed by atoms with Crippen LogP contribution in [0.15, 0.2) is 4.90 Å². The van der Waals surface area contributed by atoms with E-state index in [4.69, 9.17) is 10.7 Å². The number of halogens is 1. The summed E-state index contributed by atoms with van der Waals surface area (Å²) in [6, 6.07) is 0. The van der Waals surface area contributed by atoms with Crippen LogP contribution in [0, 0.1) is 5.92 Å². The molecule has 1 rings (SSSR count). The summed E-state index contributed by atoms with van der Waals surface area (Å²) in [6.07, 6.45) is 0.826. The number of hydrogen-bond acceptors (Lipinski definition) is 4. The topological polar surface area (TPSA) is 83.1 Å². The molecule has 0 aliphatic rings. The van der Waals surface area contributed by atoms with Gasteiger partial charge < -0.3 is 4.90 Å². The third kappa shape index (κ3) is 4.44. The number of amides is 1. The first kappa shape index (κ1) is 18.0. The zero-order valence-corrected chi connectivity index (χ0v) is 14.5. The molecular weight excluding hydrogens is 314 g/mol. The summed E-state index contributed by atoms with van der Waals surface area (Å²) in [6.45, 7) is 8.24. The van der Waals surface area contributed by atoms with E-state index in [1.54, 1.807) is 20.9 Å². The van der Waals surface area contributed by atoms with Crippen LogP contribution in [0.5, 0.6) is 0 Å². The first-order chi connectivity index (χ1) is 9.55. The molecule has 21 heavy (non-hydrogen) atoms. The Morgan fingerprint density at radius 2 is 1.90 bits per heavy atom. The van der Waals surface area contributed by atoms with Crippen molar-refractivity contribution in [3.63, 3.8) is 0 Å². The molecule has 0 fully saturated rings. The van der Waals surface area contributed by atoms with Gasteiger partial charge in [-0.05, 0) is 18.3 Å². The number of hydrogen-bond donors (Lipinski definition) is 1. The van der Waals surface area contributed by atoms with E-state index in [0.717, 1.165) is 6.42 Å². The smallest absolute Gasteiger partial charge is 0.275 e. The molecule has 1 N–H and O–H groups in total. The van der Waals surface area contributed by atoms with Gasteiger partial charge in [0.15, 0.2) is 5.69 Å². The SMILES string of the molecule is CC(C)CCN(C)C(=O)c1n[nH]c(C(C)C)c1S(=O)(=O)Cl. The third-order valence-corrected chi connectivity index (χ3v) is 4.52. The van der Waals surface area contributed by atoms with Crippen LogP contribution >= 0.6 is 10.7 Å². The summed E-state index contributed by atoms with van der Waals surface area (Å²) < 4.78 is 23.5. The summed E-state index contributed by atoms with van der Waals surface area (Å²) in [5.41, 5.74) is 0.213. The fraction of sp³-hybridized carbons (Fsp3) is 0.692. The molecule has 8 heteroatoms. The Balaban J connectivity index is 3.16. The van der Waals surface area contributed by atoms with E-state index in [9.17, 15) is 13.2 Å². The molecule has 1 heterocycles. The third-order valence-electron chi connectivity index (χ3n) is 3.16. The Morgan fingerprint density at radius 1 is 1.33 bits per heavy atom. The average molecular weight is 336 g/mol. The number of rotatable bonds is 6. The van der Waals surface area contributed by atoms with Gasteiger partial charge in [-0.2, -0.15) is 5.10 Å². The van der Waals surface area contributed by atoms with Crippen molar-refractivity contribution in [3.05, 3.63) is 11.4 Å². The lowest BCUT2D eigenvalue weighted by Gasteiger charge is -2.17. The predicted molar refractivity (Wildman–Crippen MR) is 82.1 cm³/mol. The van der Waals surface area contributed by atoms with Crippen molar-refractivity contribution in [1.82, 2.24) is 15.1 Å². The zero-order valence-electron chi connectivity index (χ0n) is 13.0. The van der Waals surface area contributed by atoms with E-state index >= 15 is 0 Å². The number of H-pyrrole nitrogens is 1. The van der Waals surface area contributed by atoms with Gasteiger partial charge in [-0.3, -0.25) is 9.89 Å². The van der Waals surface area contributed by atoms with Gasteiger partial charge in [-0.25, -0.2) is 8.42 Å². The monoisotopic (exact) mass is 335 g/mol. The Kier molecular flexibility index (Phi) is 5.81. The standard InChI is InChI=1S/C13H22ClN3O3S/c1-8(2)6-7-17(5)13(18)11-12(21(14,19)20)10(9(3)4)15-16-11/h8-9H,6-7H2,1-5H3,(H,15,16). The number of nitrogens with zero attached hydrogens (tertiary/aromatic N) is 2. The number of aromatic amines is 1. The summed E-state index contributed by atoms with van der Waals surface area (Å²) in [7, 11) is 3.05. The fourth-order valence-corrected chi connectivity index (χ4v) is 3.24. The van der Waals surface area contributed by atoms with E-state index in [-0.39, 0.29) is 16.5 Å². The second-order valence-corrected chi connectivity index (χ2v) is 8.32. The quantitative estimate of drug-likeness (QED) is 0.810. The molecule has 120 valence electrons. The summed E-state index contributed by atoms with van der Waals surface area (Å²) in [5.74, 6) is -0.136. The van der Waals surface area contributed by atoms with Crippen LogP contribution < -0.4 is 0 Å². The maximum atomic E-state index is 12.4. The normalized spacial score (nSPS) is 12.2. The van der Waals surface area contributed by atoms with Gasteiger partial charge in [0.25, 0.3) is 15.0 Å². The number of nitrogens with one attached hydrogen (secondary N) is 1. The molecular formula is C13H22ClN3O3S. The van der Waals surface area contributed by atoms with Crippen LogP contribution in [-0.2, 0) is 9.05 Å². The molecule has 0 saturated carbocycles. The minimum Gasteiger partial charge on any atom is -0.340 e. The molecule has 0 aromatic carbocycles. The molecule has 0 radical (unpaired) electrons. The number of carbonyl (C=O) groups is 1. The van der Waals surface area contributed by atoms with E-state index in [2.05, 4.69) is 24.0 Å². The second-order valence-electron chi connectivity index (χ2n) is 5.82. The van der Waals surface area contributed by atoms with Gasteiger partial charge in [0, 0.05) is 24.3 Å². The predicted octanol–water partition coefficient (Wildman–Crippen LogP) is 2.58. The minimum absolute atomic E-state index is 0.136. The highest BCUT2D eigenvalue weighted by molar-refractivity contribution is 8.13. The molecule has 1 aromatic rings. The molecule has 0 bridgehead atoms. The molecule has 0 aliphatic heterocycles. The second kappa shape index (κ2) is 6.79. The summed E-state index contributed by atoms with van der Waals surface area (Å²) in [5, 5.41) is 6.49. The molecule has 0 aliphatic carbocycles. The van der Waals surface area contributed by atoms with E-state index < -0.39 is 15.0 Å². The van der Waals surface area contributed by atoms with Crippen molar-refractivity contribution in [2.45, 2.75) is 44.9 Å². The zero-order chi connectivity index (χ0) is 16.4. The van der Waals surface area contributed by atoms with Crippen molar-refractivity contribution in [3.8, 4) is 0 Å². The molecule has 0 spiro atoms. The summed E-state index contributed by atoms with van der Waals surface area (Å²) in [4.78, 5) is 13.6. The Bertz CT molecular complexity index is 608. The van der Waals surface area contributed by atoms with Crippen LogP contribution in [0.1, 0.15) is 56.2 Å². The van der Waals surface area contributed by atoms with E-state index in [0.29, 0.717) is 18.2 Å². The van der Waals surface area contributed by atoms with Crippen LogP contribution in [0.4, 0.5) is 0 Å². The van der Waals surface area contributed by atoms with Crippen LogP contribution in [-0.4, -0.2) is 43.0 Å². The maximum Gasteiger partial charge on any atom is 0.275 e.